The van der Waals surface area contributed by atoms with Crippen molar-refractivity contribution in [3.8, 4) is 0 Å². The molecule has 0 radical (unpaired) electrons. The molecule has 0 spiro atoms. The van der Waals surface area contributed by atoms with Crippen molar-refractivity contribution in [1.82, 2.24) is 13.7 Å². The van der Waals surface area contributed by atoms with Crippen LogP contribution in [0.25, 0.3) is 0 Å². The molecule has 0 aliphatic heterocycles. The molecule has 0 aliphatic rings. The topological polar surface area (TPSA) is 50.7 Å². The molecule has 2 heterocycles. The quantitative estimate of drug-likeness (QED) is 0.650. The molecule has 126 valence electrons. The Hall–Kier alpha value is -1.71. The maximum atomic E-state index is 12.5. The number of thiazole rings is 1. The van der Waals surface area contributed by atoms with Gasteiger partial charge in [-0.3, -0.25) is 0 Å². The van der Waals surface area contributed by atoms with Crippen LogP contribution in [0.5, 0.6) is 0 Å². The molecule has 1 aromatic carbocycles. The maximum absolute atomic E-state index is 12.5. The average molecular weight is 391 g/mol. The van der Waals surface area contributed by atoms with Crippen LogP contribution in [0.4, 0.5) is 24.0 Å². The maximum Gasteiger partial charge on any atom is 0.434 e. The zero-order valence-electron chi connectivity index (χ0n) is 12.0. The summed E-state index contributed by atoms with van der Waals surface area (Å²) in [6.07, 6.45) is -2.99. The van der Waals surface area contributed by atoms with Crippen molar-refractivity contribution in [2.45, 2.75) is 19.0 Å². The molecular weight excluding hydrogens is 381 g/mol. The lowest BCUT2D eigenvalue weighted by atomic mass is 10.1. The van der Waals surface area contributed by atoms with Crippen LogP contribution >= 0.6 is 34.7 Å². The second-order valence-electron chi connectivity index (χ2n) is 4.86. The van der Waals surface area contributed by atoms with Crippen LogP contribution in [-0.2, 0) is 19.0 Å². The van der Waals surface area contributed by atoms with Crippen molar-refractivity contribution in [2.75, 3.05) is 5.32 Å². The fraction of sp³-hybridized carbons (Fsp3) is 0.214. The average Bonchev–Trinajstić information content (AvgIpc) is 3.15. The number of rotatable bonds is 5. The predicted octanol–water partition coefficient (Wildman–Crippen LogP) is 5.20. The minimum absolute atomic E-state index is 0.204. The van der Waals surface area contributed by atoms with Gasteiger partial charge in [-0.05, 0) is 30.5 Å². The Morgan fingerprint density at radius 3 is 2.42 bits per heavy atom. The second kappa shape index (κ2) is 7.04. The van der Waals surface area contributed by atoms with Gasteiger partial charge in [0.05, 0.1) is 17.4 Å². The van der Waals surface area contributed by atoms with Crippen LogP contribution < -0.4 is 5.32 Å². The van der Waals surface area contributed by atoms with Crippen molar-refractivity contribution in [2.24, 2.45) is 0 Å². The summed E-state index contributed by atoms with van der Waals surface area (Å²) in [5.41, 5.74) is 1.63. The van der Waals surface area contributed by atoms with Gasteiger partial charge in [-0.1, -0.05) is 23.7 Å². The van der Waals surface area contributed by atoms with Gasteiger partial charge >= 0.3 is 6.18 Å². The van der Waals surface area contributed by atoms with Gasteiger partial charge in [0.15, 0.2) is 16.0 Å². The first kappa shape index (κ1) is 17.1. The van der Waals surface area contributed by atoms with E-state index in [4.69, 9.17) is 11.6 Å². The third-order valence-electron chi connectivity index (χ3n) is 3.16. The highest BCUT2D eigenvalue weighted by Crippen LogP contribution is 2.32. The van der Waals surface area contributed by atoms with E-state index in [1.807, 2.05) is 12.1 Å². The minimum Gasteiger partial charge on any atom is -0.332 e. The van der Waals surface area contributed by atoms with E-state index in [1.165, 1.54) is 0 Å². The molecule has 4 nitrogen and oxygen atoms in total. The molecule has 0 aliphatic carbocycles. The summed E-state index contributed by atoms with van der Waals surface area (Å²) in [4.78, 5) is 3.53. The standard InChI is InChI=1S/C14H10ClF3N4S2/c15-12-10(21-24-22-12)6-3-8-1-4-9(5-2-8)19-13-20-11(7-23-13)14(16,17)18/h1-2,4-5,7H,3,6H2,(H,19,20). The minimum atomic E-state index is -4.42. The number of aryl methyl sites for hydroxylation is 2. The molecule has 0 amide bonds. The molecule has 0 fully saturated rings. The Morgan fingerprint density at radius 2 is 1.83 bits per heavy atom. The van der Waals surface area contributed by atoms with Gasteiger partial charge < -0.3 is 5.32 Å². The lowest BCUT2D eigenvalue weighted by Gasteiger charge is -2.05. The Morgan fingerprint density at radius 1 is 1.08 bits per heavy atom. The summed E-state index contributed by atoms with van der Waals surface area (Å²) < 4.78 is 45.6. The molecule has 0 unspecified atom stereocenters. The number of nitrogens with zero attached hydrogens (tertiary/aromatic N) is 3. The SMILES string of the molecule is FC(F)(F)c1csc(Nc2ccc(CCc3nsnc3Cl)cc2)n1. The molecule has 10 heteroatoms. The molecule has 2 aromatic heterocycles. The van der Waals surface area contributed by atoms with Gasteiger partial charge in [0, 0.05) is 11.1 Å². The van der Waals surface area contributed by atoms with Gasteiger partial charge in [-0.2, -0.15) is 21.9 Å². The first-order chi connectivity index (χ1) is 11.4. The summed E-state index contributed by atoms with van der Waals surface area (Å²) in [5, 5.41) is 4.49. The van der Waals surface area contributed by atoms with Crippen molar-refractivity contribution in [3.05, 3.63) is 51.7 Å². The number of nitrogens with one attached hydrogen (secondary N) is 1. The van der Waals surface area contributed by atoms with Gasteiger partial charge in [-0.15, -0.1) is 11.3 Å². The predicted molar refractivity (Wildman–Crippen MR) is 89.2 cm³/mol. The van der Waals surface area contributed by atoms with Gasteiger partial charge in [0.1, 0.15) is 0 Å². The molecule has 3 aromatic rings. The van der Waals surface area contributed by atoms with Crippen molar-refractivity contribution < 1.29 is 13.2 Å². The Kier molecular flexibility index (Phi) is 5.02. The molecular formula is C14H10ClF3N4S2. The smallest absolute Gasteiger partial charge is 0.332 e. The number of hydrogen-bond acceptors (Lipinski definition) is 6. The molecule has 0 saturated heterocycles. The number of halogens is 4. The van der Waals surface area contributed by atoms with Crippen molar-refractivity contribution >= 4 is 45.5 Å². The Balaban J connectivity index is 1.60. The number of alkyl halides is 3. The van der Waals surface area contributed by atoms with E-state index >= 15 is 0 Å². The lowest BCUT2D eigenvalue weighted by molar-refractivity contribution is -0.140. The first-order valence-electron chi connectivity index (χ1n) is 6.77. The largest absolute Gasteiger partial charge is 0.434 e. The Bertz CT molecular complexity index is 814. The third kappa shape index (κ3) is 4.22. The fourth-order valence-corrected chi connectivity index (χ4v) is 3.46. The van der Waals surface area contributed by atoms with Crippen LogP contribution in [0.2, 0.25) is 5.15 Å². The highest BCUT2D eigenvalue weighted by atomic mass is 35.5. The van der Waals surface area contributed by atoms with Crippen LogP contribution in [0.1, 0.15) is 17.0 Å². The van der Waals surface area contributed by atoms with Gasteiger partial charge in [-0.25, -0.2) is 4.98 Å². The van der Waals surface area contributed by atoms with Crippen LogP contribution in [-0.4, -0.2) is 13.7 Å². The number of benzene rings is 1. The highest BCUT2D eigenvalue weighted by molar-refractivity contribution is 7.13. The van der Waals surface area contributed by atoms with Crippen molar-refractivity contribution in [3.63, 3.8) is 0 Å². The number of hydrogen-bond donors (Lipinski definition) is 1. The summed E-state index contributed by atoms with van der Waals surface area (Å²) in [6, 6.07) is 7.39. The molecule has 0 saturated carbocycles. The molecule has 0 atom stereocenters. The van der Waals surface area contributed by atoms with Gasteiger partial charge in [0.2, 0.25) is 0 Å². The molecule has 3 rings (SSSR count). The van der Waals surface area contributed by atoms with E-state index < -0.39 is 11.9 Å². The number of anilines is 2. The van der Waals surface area contributed by atoms with E-state index in [2.05, 4.69) is 19.0 Å². The van der Waals surface area contributed by atoms with E-state index in [1.54, 1.807) is 12.1 Å². The molecule has 0 bridgehead atoms. The Labute approximate surface area is 148 Å². The third-order valence-corrected chi connectivity index (χ3v) is 4.89. The first-order valence-corrected chi connectivity index (χ1v) is 8.76. The van der Waals surface area contributed by atoms with Crippen LogP contribution in [0.3, 0.4) is 0 Å². The lowest BCUT2D eigenvalue weighted by Crippen LogP contribution is -2.05. The summed E-state index contributed by atoms with van der Waals surface area (Å²) >= 11 is 7.89. The number of aromatic nitrogens is 3. The zero-order chi connectivity index (χ0) is 17.2. The molecule has 1 N–H and O–H groups in total. The van der Waals surface area contributed by atoms with E-state index in [-0.39, 0.29) is 5.13 Å². The highest BCUT2D eigenvalue weighted by Gasteiger charge is 2.33. The zero-order valence-corrected chi connectivity index (χ0v) is 14.4. The summed E-state index contributed by atoms with van der Waals surface area (Å²) in [5.74, 6) is 0. The monoisotopic (exact) mass is 390 g/mol. The van der Waals surface area contributed by atoms with E-state index in [0.717, 1.165) is 46.1 Å². The van der Waals surface area contributed by atoms with Crippen LogP contribution in [0, 0.1) is 0 Å². The van der Waals surface area contributed by atoms with E-state index in [0.29, 0.717) is 17.3 Å². The van der Waals surface area contributed by atoms with E-state index in [9.17, 15) is 13.2 Å². The second-order valence-corrected chi connectivity index (χ2v) is 6.60. The van der Waals surface area contributed by atoms with Crippen molar-refractivity contribution in [1.29, 1.82) is 0 Å². The fourth-order valence-electron chi connectivity index (χ4n) is 1.95. The summed E-state index contributed by atoms with van der Waals surface area (Å²) in [7, 11) is 0. The summed E-state index contributed by atoms with van der Waals surface area (Å²) in [6.45, 7) is 0. The van der Waals surface area contributed by atoms with Crippen LogP contribution in [0.15, 0.2) is 29.6 Å². The van der Waals surface area contributed by atoms with Gasteiger partial charge in [0.25, 0.3) is 0 Å². The molecule has 24 heavy (non-hydrogen) atoms. The normalized spacial score (nSPS) is 11.7.